The van der Waals surface area contributed by atoms with Crippen molar-refractivity contribution in [2.75, 3.05) is 12.3 Å². The molecule has 0 radical (unpaired) electrons. The summed E-state index contributed by atoms with van der Waals surface area (Å²) in [5, 5.41) is 0.397. The van der Waals surface area contributed by atoms with Gasteiger partial charge in [0.2, 0.25) is 0 Å². The SMILES string of the molecule is CC(F)(F)COc1cc(Cl)ccc1N. The number of alkyl halides is 2. The Balaban J connectivity index is 2.72. The van der Waals surface area contributed by atoms with E-state index in [1.807, 2.05) is 0 Å². The number of rotatable bonds is 3. The summed E-state index contributed by atoms with van der Waals surface area (Å²) in [6.07, 6.45) is 0. The monoisotopic (exact) mass is 221 g/mol. The van der Waals surface area contributed by atoms with Gasteiger partial charge in [0, 0.05) is 18.0 Å². The smallest absolute Gasteiger partial charge is 0.278 e. The Labute approximate surface area is 85.6 Å². The first-order chi connectivity index (χ1) is 6.38. The molecule has 1 aromatic rings. The Hall–Kier alpha value is -1.03. The van der Waals surface area contributed by atoms with Crippen molar-refractivity contribution < 1.29 is 13.5 Å². The number of halogens is 3. The highest BCUT2D eigenvalue weighted by Crippen LogP contribution is 2.26. The Morgan fingerprint density at radius 3 is 2.71 bits per heavy atom. The number of nitrogens with two attached hydrogens (primary N) is 1. The lowest BCUT2D eigenvalue weighted by atomic mass is 10.3. The summed E-state index contributed by atoms with van der Waals surface area (Å²) in [4.78, 5) is 0. The van der Waals surface area contributed by atoms with E-state index >= 15 is 0 Å². The minimum atomic E-state index is -2.88. The van der Waals surface area contributed by atoms with Crippen molar-refractivity contribution in [3.8, 4) is 5.75 Å². The molecule has 0 saturated heterocycles. The van der Waals surface area contributed by atoms with Gasteiger partial charge in [-0.05, 0) is 12.1 Å². The van der Waals surface area contributed by atoms with E-state index in [9.17, 15) is 8.78 Å². The summed E-state index contributed by atoms with van der Waals surface area (Å²) in [7, 11) is 0. The molecular formula is C9H10ClF2NO. The second kappa shape index (κ2) is 4.00. The van der Waals surface area contributed by atoms with Gasteiger partial charge in [0.05, 0.1) is 5.69 Å². The number of hydrogen-bond acceptors (Lipinski definition) is 2. The van der Waals surface area contributed by atoms with Crippen LogP contribution in [0.4, 0.5) is 14.5 Å². The van der Waals surface area contributed by atoms with Crippen LogP contribution in [0, 0.1) is 0 Å². The first kappa shape index (κ1) is 11.0. The van der Waals surface area contributed by atoms with E-state index in [0.717, 1.165) is 6.92 Å². The highest BCUT2D eigenvalue weighted by molar-refractivity contribution is 6.30. The summed E-state index contributed by atoms with van der Waals surface area (Å²) in [5.74, 6) is -2.70. The third-order valence-electron chi connectivity index (χ3n) is 1.46. The fourth-order valence-corrected chi connectivity index (χ4v) is 1.000. The maximum atomic E-state index is 12.4. The highest BCUT2D eigenvalue weighted by atomic mass is 35.5. The predicted molar refractivity (Wildman–Crippen MR) is 52.0 cm³/mol. The third-order valence-corrected chi connectivity index (χ3v) is 1.69. The molecule has 2 nitrogen and oxygen atoms in total. The molecule has 0 heterocycles. The number of nitrogen functional groups attached to an aromatic ring is 1. The van der Waals surface area contributed by atoms with Gasteiger partial charge in [0.1, 0.15) is 5.75 Å². The Morgan fingerprint density at radius 1 is 1.50 bits per heavy atom. The zero-order valence-corrected chi connectivity index (χ0v) is 8.31. The van der Waals surface area contributed by atoms with E-state index in [4.69, 9.17) is 22.1 Å². The molecule has 0 aliphatic rings. The molecule has 2 N–H and O–H groups in total. The molecular weight excluding hydrogens is 212 g/mol. The zero-order chi connectivity index (χ0) is 10.8. The number of ether oxygens (including phenoxy) is 1. The van der Waals surface area contributed by atoms with Crippen LogP contribution in [-0.2, 0) is 0 Å². The molecule has 0 aromatic heterocycles. The van der Waals surface area contributed by atoms with Crippen molar-refractivity contribution in [1.29, 1.82) is 0 Å². The van der Waals surface area contributed by atoms with Crippen molar-refractivity contribution >= 4 is 17.3 Å². The molecule has 0 aliphatic heterocycles. The molecule has 0 spiro atoms. The van der Waals surface area contributed by atoms with Crippen LogP contribution in [0.3, 0.4) is 0 Å². The molecule has 1 aromatic carbocycles. The van der Waals surface area contributed by atoms with Crippen LogP contribution in [0.2, 0.25) is 5.02 Å². The van der Waals surface area contributed by atoms with Crippen molar-refractivity contribution in [2.24, 2.45) is 0 Å². The Bertz CT molecular complexity index is 325. The average Bonchev–Trinajstić information content (AvgIpc) is 2.05. The minimum absolute atomic E-state index is 0.180. The lowest BCUT2D eigenvalue weighted by Gasteiger charge is -2.13. The highest BCUT2D eigenvalue weighted by Gasteiger charge is 2.22. The summed E-state index contributed by atoms with van der Waals surface area (Å²) in [6.45, 7) is 0.0608. The lowest BCUT2D eigenvalue weighted by molar-refractivity contribution is -0.0227. The first-order valence-corrected chi connectivity index (χ1v) is 4.32. The van der Waals surface area contributed by atoms with E-state index in [1.54, 1.807) is 6.07 Å². The number of anilines is 1. The number of benzene rings is 1. The van der Waals surface area contributed by atoms with E-state index in [0.29, 0.717) is 10.7 Å². The van der Waals surface area contributed by atoms with Crippen molar-refractivity contribution in [3.63, 3.8) is 0 Å². The fourth-order valence-electron chi connectivity index (χ4n) is 0.838. The van der Waals surface area contributed by atoms with Gasteiger partial charge in [-0.3, -0.25) is 0 Å². The van der Waals surface area contributed by atoms with Crippen molar-refractivity contribution in [2.45, 2.75) is 12.8 Å². The van der Waals surface area contributed by atoms with Crippen LogP contribution in [0.1, 0.15) is 6.92 Å². The Kier molecular flexibility index (Phi) is 3.16. The summed E-state index contributed by atoms with van der Waals surface area (Å²) >= 11 is 5.64. The van der Waals surface area contributed by atoms with E-state index in [2.05, 4.69) is 0 Å². The quantitative estimate of drug-likeness (QED) is 0.797. The lowest BCUT2D eigenvalue weighted by Crippen LogP contribution is -2.21. The van der Waals surface area contributed by atoms with Crippen LogP contribution in [0.25, 0.3) is 0 Å². The second-order valence-corrected chi connectivity index (χ2v) is 3.48. The van der Waals surface area contributed by atoms with Gasteiger partial charge in [0.25, 0.3) is 5.92 Å². The van der Waals surface area contributed by atoms with Gasteiger partial charge < -0.3 is 10.5 Å². The molecule has 1 rings (SSSR count). The van der Waals surface area contributed by atoms with Gasteiger partial charge in [-0.2, -0.15) is 0 Å². The molecule has 78 valence electrons. The largest absolute Gasteiger partial charge is 0.485 e. The normalized spacial score (nSPS) is 11.4. The molecule has 0 aliphatic carbocycles. The van der Waals surface area contributed by atoms with E-state index in [-0.39, 0.29) is 5.75 Å². The maximum absolute atomic E-state index is 12.4. The second-order valence-electron chi connectivity index (χ2n) is 3.04. The topological polar surface area (TPSA) is 35.2 Å². The van der Waals surface area contributed by atoms with Gasteiger partial charge in [-0.25, -0.2) is 8.78 Å². The summed E-state index contributed by atoms with van der Waals surface area (Å²) in [5.41, 5.74) is 5.78. The molecule has 0 amide bonds. The van der Waals surface area contributed by atoms with Crippen molar-refractivity contribution in [1.82, 2.24) is 0 Å². The molecule has 0 bridgehead atoms. The molecule has 14 heavy (non-hydrogen) atoms. The molecule has 0 fully saturated rings. The third kappa shape index (κ3) is 3.38. The maximum Gasteiger partial charge on any atom is 0.278 e. The summed E-state index contributed by atoms with van der Waals surface area (Å²) in [6, 6.07) is 4.47. The minimum Gasteiger partial charge on any atom is -0.485 e. The van der Waals surface area contributed by atoms with Gasteiger partial charge in [-0.15, -0.1) is 0 Å². The molecule has 5 heteroatoms. The zero-order valence-electron chi connectivity index (χ0n) is 7.56. The summed E-state index contributed by atoms with van der Waals surface area (Å²) < 4.78 is 29.7. The molecule has 0 unspecified atom stereocenters. The van der Waals surface area contributed by atoms with E-state index in [1.165, 1.54) is 12.1 Å². The van der Waals surface area contributed by atoms with Crippen LogP contribution < -0.4 is 10.5 Å². The predicted octanol–water partition coefficient (Wildman–Crippen LogP) is 2.96. The standard InChI is InChI=1S/C9H10ClF2NO/c1-9(11,12)5-14-8-4-6(10)2-3-7(8)13/h2-4H,5,13H2,1H3. The number of hydrogen-bond donors (Lipinski definition) is 1. The van der Waals surface area contributed by atoms with Gasteiger partial charge >= 0.3 is 0 Å². The average molecular weight is 222 g/mol. The van der Waals surface area contributed by atoms with Crippen LogP contribution in [-0.4, -0.2) is 12.5 Å². The first-order valence-electron chi connectivity index (χ1n) is 3.94. The van der Waals surface area contributed by atoms with Crippen molar-refractivity contribution in [3.05, 3.63) is 23.2 Å². The van der Waals surface area contributed by atoms with Gasteiger partial charge in [-0.1, -0.05) is 11.6 Å². The van der Waals surface area contributed by atoms with Gasteiger partial charge in [0.15, 0.2) is 6.61 Å². The van der Waals surface area contributed by atoms with Crippen LogP contribution in [0.15, 0.2) is 18.2 Å². The van der Waals surface area contributed by atoms with Crippen LogP contribution in [0.5, 0.6) is 5.75 Å². The Morgan fingerprint density at radius 2 is 2.14 bits per heavy atom. The van der Waals surface area contributed by atoms with E-state index < -0.39 is 12.5 Å². The van der Waals surface area contributed by atoms with Crippen LogP contribution >= 0.6 is 11.6 Å². The molecule has 0 saturated carbocycles. The fraction of sp³-hybridized carbons (Fsp3) is 0.333. The molecule has 0 atom stereocenters.